The summed E-state index contributed by atoms with van der Waals surface area (Å²) in [5.74, 6) is -0.135. The fraction of sp³-hybridized carbons (Fsp3) is 0.758. The fourth-order valence-corrected chi connectivity index (χ4v) is 4.09. The maximum Gasteiger partial charge on any atom is 0.306 e. The Hall–Kier alpha value is -1.64. The molecule has 0 radical (unpaired) electrons. The van der Waals surface area contributed by atoms with Crippen LogP contribution in [-0.2, 0) is 14.3 Å². The number of hydrogen-bond acceptors (Lipinski definition) is 3. The Morgan fingerprint density at radius 3 is 1.36 bits per heavy atom. The number of ketones is 1. The summed E-state index contributed by atoms with van der Waals surface area (Å²) in [5.41, 5.74) is 0. The average molecular weight is 503 g/mol. The third-order valence-corrected chi connectivity index (χ3v) is 6.44. The standard InChI is InChI=1S/C33H58O3/c1-4-7-10-13-16-19-22-25-28-31(34)32(29-26-23-20-17-14-11-8-5-2)36-33(35)30-27-24-21-18-15-12-9-6-3/h16-21,32H,4-15,22-30H2,1-3H3/b19-16-,20-17-,21-18-. The molecule has 0 aromatic carbocycles. The van der Waals surface area contributed by atoms with Gasteiger partial charge < -0.3 is 4.74 Å². The molecule has 0 aliphatic rings. The summed E-state index contributed by atoms with van der Waals surface area (Å²) in [6.45, 7) is 6.65. The van der Waals surface area contributed by atoms with Gasteiger partial charge in [-0.3, -0.25) is 9.59 Å². The summed E-state index contributed by atoms with van der Waals surface area (Å²) in [6.07, 6.45) is 34.1. The highest BCUT2D eigenvalue weighted by molar-refractivity contribution is 5.85. The molecule has 1 atom stereocenters. The predicted octanol–water partition coefficient (Wildman–Crippen LogP) is 10.4. The van der Waals surface area contributed by atoms with Gasteiger partial charge in [-0.25, -0.2) is 0 Å². The number of carbonyl (C=O) groups excluding carboxylic acids is 2. The van der Waals surface area contributed by atoms with E-state index in [0.29, 0.717) is 19.3 Å². The van der Waals surface area contributed by atoms with Crippen molar-refractivity contribution in [2.24, 2.45) is 0 Å². The summed E-state index contributed by atoms with van der Waals surface area (Å²) in [6, 6.07) is 0. The normalized spacial score (nSPS) is 12.8. The molecule has 0 heterocycles. The lowest BCUT2D eigenvalue weighted by atomic mass is 10.0. The van der Waals surface area contributed by atoms with E-state index in [-0.39, 0.29) is 11.8 Å². The van der Waals surface area contributed by atoms with Crippen LogP contribution in [0.4, 0.5) is 0 Å². The molecule has 0 aliphatic carbocycles. The fourth-order valence-electron chi connectivity index (χ4n) is 4.09. The first-order chi connectivity index (χ1) is 17.7. The lowest BCUT2D eigenvalue weighted by Crippen LogP contribution is -2.27. The minimum absolute atomic E-state index is 0.0884. The van der Waals surface area contributed by atoms with Crippen LogP contribution in [0.15, 0.2) is 36.5 Å². The van der Waals surface area contributed by atoms with Crippen molar-refractivity contribution >= 4 is 11.8 Å². The Labute approximate surface area is 224 Å². The molecule has 0 N–H and O–H groups in total. The second kappa shape index (κ2) is 27.9. The topological polar surface area (TPSA) is 43.4 Å². The monoisotopic (exact) mass is 502 g/mol. The van der Waals surface area contributed by atoms with E-state index in [1.165, 1.54) is 57.8 Å². The lowest BCUT2D eigenvalue weighted by Gasteiger charge is -2.16. The summed E-state index contributed by atoms with van der Waals surface area (Å²) >= 11 is 0. The molecule has 1 unspecified atom stereocenters. The van der Waals surface area contributed by atoms with Crippen molar-refractivity contribution in [3.05, 3.63) is 36.5 Å². The van der Waals surface area contributed by atoms with Gasteiger partial charge in [-0.2, -0.15) is 0 Å². The number of rotatable bonds is 26. The zero-order valence-electron chi connectivity index (χ0n) is 24.1. The highest BCUT2D eigenvalue weighted by Crippen LogP contribution is 2.14. The Kier molecular flexibility index (Phi) is 26.7. The lowest BCUT2D eigenvalue weighted by molar-refractivity contribution is -0.155. The molecule has 0 aliphatic heterocycles. The molecule has 0 spiro atoms. The van der Waals surface area contributed by atoms with Crippen LogP contribution < -0.4 is 0 Å². The second-order valence-corrected chi connectivity index (χ2v) is 10.1. The number of ether oxygens (including phenoxy) is 1. The van der Waals surface area contributed by atoms with Gasteiger partial charge in [-0.05, 0) is 83.5 Å². The maximum atomic E-state index is 12.9. The van der Waals surface area contributed by atoms with Crippen LogP contribution in [0.25, 0.3) is 0 Å². The van der Waals surface area contributed by atoms with Crippen molar-refractivity contribution in [1.82, 2.24) is 0 Å². The summed E-state index contributed by atoms with van der Waals surface area (Å²) in [4.78, 5) is 25.3. The first-order valence-corrected chi connectivity index (χ1v) is 15.3. The van der Waals surface area contributed by atoms with Gasteiger partial charge in [0.15, 0.2) is 11.9 Å². The smallest absolute Gasteiger partial charge is 0.306 e. The molecule has 208 valence electrons. The molecule has 0 rings (SSSR count). The van der Waals surface area contributed by atoms with Gasteiger partial charge in [0, 0.05) is 12.8 Å². The minimum Gasteiger partial charge on any atom is -0.454 e. The first kappa shape index (κ1) is 34.4. The Morgan fingerprint density at radius 2 is 0.917 bits per heavy atom. The van der Waals surface area contributed by atoms with Crippen molar-refractivity contribution in [2.45, 2.75) is 162 Å². The van der Waals surface area contributed by atoms with Crippen molar-refractivity contribution in [3.63, 3.8) is 0 Å². The van der Waals surface area contributed by atoms with Crippen LogP contribution >= 0.6 is 0 Å². The van der Waals surface area contributed by atoms with Gasteiger partial charge in [0.05, 0.1) is 0 Å². The molecule has 3 nitrogen and oxygen atoms in total. The van der Waals surface area contributed by atoms with Crippen molar-refractivity contribution in [3.8, 4) is 0 Å². The molecule has 36 heavy (non-hydrogen) atoms. The van der Waals surface area contributed by atoms with Gasteiger partial charge in [-0.15, -0.1) is 0 Å². The minimum atomic E-state index is -0.580. The molecule has 3 heteroatoms. The van der Waals surface area contributed by atoms with Crippen LogP contribution in [-0.4, -0.2) is 17.9 Å². The molecule has 0 fully saturated rings. The third kappa shape index (κ3) is 24.1. The van der Waals surface area contributed by atoms with E-state index >= 15 is 0 Å². The largest absolute Gasteiger partial charge is 0.454 e. The number of esters is 1. The van der Waals surface area contributed by atoms with E-state index in [1.807, 2.05) is 0 Å². The molecule has 0 bridgehead atoms. The van der Waals surface area contributed by atoms with E-state index in [9.17, 15) is 9.59 Å². The van der Waals surface area contributed by atoms with Crippen LogP contribution in [0.3, 0.4) is 0 Å². The van der Waals surface area contributed by atoms with Gasteiger partial charge in [-0.1, -0.05) is 95.8 Å². The summed E-state index contributed by atoms with van der Waals surface area (Å²) in [5, 5.41) is 0. The Balaban J connectivity index is 4.43. The maximum absolute atomic E-state index is 12.9. The molecular weight excluding hydrogens is 444 g/mol. The predicted molar refractivity (Wildman–Crippen MR) is 156 cm³/mol. The van der Waals surface area contributed by atoms with Gasteiger partial charge in [0.1, 0.15) is 0 Å². The SMILES string of the molecule is CCCCC/C=C\CCCC(=O)OC(CCC/C=C\CCCCC)C(=O)CCC/C=C\CCCCC. The van der Waals surface area contributed by atoms with E-state index in [1.54, 1.807) is 0 Å². The van der Waals surface area contributed by atoms with Crippen LogP contribution in [0, 0.1) is 0 Å². The van der Waals surface area contributed by atoms with E-state index in [0.717, 1.165) is 57.8 Å². The molecule has 0 aromatic rings. The van der Waals surface area contributed by atoms with Crippen LogP contribution in [0.5, 0.6) is 0 Å². The Morgan fingerprint density at radius 1 is 0.528 bits per heavy atom. The first-order valence-electron chi connectivity index (χ1n) is 15.3. The van der Waals surface area contributed by atoms with Crippen LogP contribution in [0.1, 0.15) is 156 Å². The second-order valence-electron chi connectivity index (χ2n) is 10.1. The molecular formula is C33H58O3. The summed E-state index contributed by atoms with van der Waals surface area (Å²) < 4.78 is 5.70. The Bertz CT molecular complexity index is 588. The highest BCUT2D eigenvalue weighted by Gasteiger charge is 2.21. The third-order valence-electron chi connectivity index (χ3n) is 6.44. The van der Waals surface area contributed by atoms with E-state index < -0.39 is 6.10 Å². The zero-order chi connectivity index (χ0) is 26.5. The number of hydrogen-bond donors (Lipinski definition) is 0. The molecule has 0 saturated carbocycles. The average Bonchev–Trinajstić information content (AvgIpc) is 2.87. The van der Waals surface area contributed by atoms with E-state index in [4.69, 9.17) is 4.74 Å². The number of Topliss-reactive ketones (excluding diaryl/α,β-unsaturated/α-hetero) is 1. The van der Waals surface area contributed by atoms with Crippen molar-refractivity contribution in [2.75, 3.05) is 0 Å². The molecule has 0 saturated heterocycles. The molecule has 0 aromatic heterocycles. The molecule has 0 amide bonds. The summed E-state index contributed by atoms with van der Waals surface area (Å²) in [7, 11) is 0. The van der Waals surface area contributed by atoms with Crippen LogP contribution in [0.2, 0.25) is 0 Å². The van der Waals surface area contributed by atoms with Crippen molar-refractivity contribution in [1.29, 1.82) is 0 Å². The van der Waals surface area contributed by atoms with Gasteiger partial charge in [0.25, 0.3) is 0 Å². The van der Waals surface area contributed by atoms with Gasteiger partial charge in [0.2, 0.25) is 0 Å². The van der Waals surface area contributed by atoms with E-state index in [2.05, 4.69) is 57.2 Å². The number of unbranched alkanes of at least 4 members (excludes halogenated alkanes) is 12. The van der Waals surface area contributed by atoms with Gasteiger partial charge >= 0.3 is 5.97 Å². The van der Waals surface area contributed by atoms with Crippen molar-refractivity contribution < 1.29 is 14.3 Å². The highest BCUT2D eigenvalue weighted by atomic mass is 16.5. The number of carbonyl (C=O) groups is 2. The zero-order valence-corrected chi connectivity index (χ0v) is 24.1. The quantitative estimate of drug-likeness (QED) is 0.0671. The number of allylic oxidation sites excluding steroid dienone is 6.